The topological polar surface area (TPSA) is 96.0 Å². The molecule has 2 unspecified atom stereocenters. The quantitative estimate of drug-likeness (QED) is 0.241. The number of sulfonamides is 1. The summed E-state index contributed by atoms with van der Waals surface area (Å²) in [5.41, 5.74) is 1.81. The highest BCUT2D eigenvalue weighted by Crippen LogP contribution is 2.28. The molecule has 0 saturated carbocycles. The lowest BCUT2D eigenvalue weighted by molar-refractivity contribution is -0.139. The Morgan fingerprint density at radius 3 is 2.14 bits per heavy atom. The van der Waals surface area contributed by atoms with Gasteiger partial charge in [-0.05, 0) is 88.2 Å². The van der Waals surface area contributed by atoms with Crippen LogP contribution in [0, 0.1) is 6.92 Å². The molecule has 226 valence electrons. The fraction of sp³-hybridized carbons (Fsp3) is 0.355. The number of halogens is 2. The van der Waals surface area contributed by atoms with Crippen LogP contribution in [-0.2, 0) is 26.2 Å². The Balaban J connectivity index is 2.04. The van der Waals surface area contributed by atoms with Crippen molar-refractivity contribution in [3.8, 4) is 5.75 Å². The summed E-state index contributed by atoms with van der Waals surface area (Å²) in [6, 6.07) is 16.8. The van der Waals surface area contributed by atoms with Crippen LogP contribution in [0.3, 0.4) is 0 Å². The Morgan fingerprint density at radius 2 is 1.57 bits per heavy atom. The van der Waals surface area contributed by atoms with Gasteiger partial charge in [-0.1, -0.05) is 53.9 Å². The molecule has 0 aliphatic rings. The molecule has 8 nitrogen and oxygen atoms in total. The van der Waals surface area contributed by atoms with Crippen molar-refractivity contribution < 1.29 is 22.7 Å². The van der Waals surface area contributed by atoms with Crippen LogP contribution in [0.1, 0.15) is 45.2 Å². The zero-order chi connectivity index (χ0) is 31.0. The van der Waals surface area contributed by atoms with Crippen LogP contribution >= 0.6 is 23.2 Å². The zero-order valence-electron chi connectivity index (χ0n) is 24.4. The first kappa shape index (κ1) is 33.2. The van der Waals surface area contributed by atoms with Crippen molar-refractivity contribution >= 4 is 50.7 Å². The lowest BCUT2D eigenvalue weighted by Crippen LogP contribution is -2.52. The number of carbonyl (C=O) groups is 2. The van der Waals surface area contributed by atoms with Crippen LogP contribution in [0.25, 0.3) is 0 Å². The van der Waals surface area contributed by atoms with Crippen LogP contribution in [0.15, 0.2) is 71.6 Å². The van der Waals surface area contributed by atoms with Gasteiger partial charge in [0.15, 0.2) is 0 Å². The van der Waals surface area contributed by atoms with Crippen molar-refractivity contribution in [3.63, 3.8) is 0 Å². The van der Waals surface area contributed by atoms with E-state index in [-0.39, 0.29) is 29.1 Å². The zero-order valence-corrected chi connectivity index (χ0v) is 26.8. The Bertz CT molecular complexity index is 1480. The summed E-state index contributed by atoms with van der Waals surface area (Å²) in [5, 5.41) is 3.57. The molecule has 0 spiro atoms. The molecular formula is C31H37Cl2N3O5S. The molecule has 0 fully saturated rings. The molecule has 0 aromatic heterocycles. The number of aryl methyl sites for hydroxylation is 1. The van der Waals surface area contributed by atoms with E-state index < -0.39 is 28.5 Å². The van der Waals surface area contributed by atoms with Crippen LogP contribution in [0.4, 0.5) is 5.69 Å². The van der Waals surface area contributed by atoms with Crippen molar-refractivity contribution in [3.05, 3.63) is 87.9 Å². The summed E-state index contributed by atoms with van der Waals surface area (Å²) < 4.78 is 34.5. The highest BCUT2D eigenvalue weighted by Gasteiger charge is 2.33. The molecule has 42 heavy (non-hydrogen) atoms. The largest absolute Gasteiger partial charge is 0.494 e. The second kappa shape index (κ2) is 14.8. The highest BCUT2D eigenvalue weighted by atomic mass is 35.5. The average molecular weight is 635 g/mol. The van der Waals surface area contributed by atoms with Crippen LogP contribution in [0.5, 0.6) is 5.75 Å². The molecule has 2 atom stereocenters. The molecule has 3 aromatic rings. The monoisotopic (exact) mass is 633 g/mol. The van der Waals surface area contributed by atoms with E-state index >= 15 is 0 Å². The van der Waals surface area contributed by atoms with Gasteiger partial charge < -0.3 is 15.0 Å². The number of ether oxygens (including phenoxy) is 1. The van der Waals surface area contributed by atoms with E-state index in [1.165, 1.54) is 17.0 Å². The van der Waals surface area contributed by atoms with Crippen molar-refractivity contribution in [2.45, 2.75) is 64.6 Å². The SMILES string of the molecule is CCOc1ccc(N(CC(=O)N(Cc2ccc(Cl)c(Cl)c2)C(C)C(=O)NC(C)CC)S(=O)(=O)c2ccc(C)cc2)cc1. The standard InChI is InChI=1S/C31H37Cl2N3O5S/c1-6-22(4)34-31(38)23(5)35(19-24-10-17-28(32)29(33)18-24)30(37)20-36(25-11-13-26(14-12-25)41-7-2)42(39,40)27-15-8-21(3)9-16-27/h8-18,22-23H,6-7,19-20H2,1-5H3,(H,34,38). The predicted octanol–water partition coefficient (Wildman–Crippen LogP) is 6.23. The molecule has 0 radical (unpaired) electrons. The van der Waals surface area contributed by atoms with E-state index in [1.54, 1.807) is 61.5 Å². The Hall–Kier alpha value is -3.27. The molecule has 0 bridgehead atoms. The number of rotatable bonds is 13. The number of hydrogen-bond acceptors (Lipinski definition) is 5. The fourth-order valence-corrected chi connectivity index (χ4v) is 5.86. The smallest absolute Gasteiger partial charge is 0.264 e. The highest BCUT2D eigenvalue weighted by molar-refractivity contribution is 7.92. The summed E-state index contributed by atoms with van der Waals surface area (Å²) in [4.78, 5) is 28.6. The molecule has 1 N–H and O–H groups in total. The summed E-state index contributed by atoms with van der Waals surface area (Å²) >= 11 is 12.3. The van der Waals surface area contributed by atoms with E-state index in [0.717, 1.165) is 9.87 Å². The first-order valence-electron chi connectivity index (χ1n) is 13.7. The molecule has 0 aliphatic heterocycles. The second-order valence-electron chi connectivity index (χ2n) is 10.0. The molecule has 11 heteroatoms. The lowest BCUT2D eigenvalue weighted by atomic mass is 10.1. The molecule has 0 saturated heterocycles. The first-order valence-corrected chi connectivity index (χ1v) is 15.9. The van der Waals surface area contributed by atoms with Gasteiger partial charge in [0.05, 0.1) is 27.2 Å². The van der Waals surface area contributed by atoms with Gasteiger partial charge in [-0.3, -0.25) is 13.9 Å². The second-order valence-corrected chi connectivity index (χ2v) is 12.7. The van der Waals surface area contributed by atoms with E-state index in [2.05, 4.69) is 5.32 Å². The van der Waals surface area contributed by atoms with Gasteiger partial charge in [-0.25, -0.2) is 8.42 Å². The minimum Gasteiger partial charge on any atom is -0.494 e. The van der Waals surface area contributed by atoms with Crippen LogP contribution < -0.4 is 14.4 Å². The first-order chi connectivity index (χ1) is 19.9. The number of carbonyl (C=O) groups excluding carboxylic acids is 2. The van der Waals surface area contributed by atoms with Gasteiger partial charge in [-0.2, -0.15) is 0 Å². The normalized spacial score (nSPS) is 12.7. The van der Waals surface area contributed by atoms with Crippen molar-refractivity contribution in [2.24, 2.45) is 0 Å². The van der Waals surface area contributed by atoms with Crippen LogP contribution in [0.2, 0.25) is 10.0 Å². The van der Waals surface area contributed by atoms with Gasteiger partial charge in [0.1, 0.15) is 18.3 Å². The van der Waals surface area contributed by atoms with E-state index in [0.29, 0.717) is 34.4 Å². The summed E-state index contributed by atoms with van der Waals surface area (Å²) in [7, 11) is -4.17. The summed E-state index contributed by atoms with van der Waals surface area (Å²) in [6.07, 6.45) is 0.708. The summed E-state index contributed by atoms with van der Waals surface area (Å²) in [5.74, 6) is -0.360. The maximum absolute atomic E-state index is 14.0. The molecular weight excluding hydrogens is 597 g/mol. The van der Waals surface area contributed by atoms with E-state index in [1.807, 2.05) is 27.7 Å². The molecule has 0 heterocycles. The molecule has 2 amide bonds. The number of amides is 2. The lowest BCUT2D eigenvalue weighted by Gasteiger charge is -2.32. The maximum atomic E-state index is 14.0. The minimum absolute atomic E-state index is 0.00646. The van der Waals surface area contributed by atoms with E-state index in [4.69, 9.17) is 27.9 Å². The van der Waals surface area contributed by atoms with Crippen molar-refractivity contribution in [1.82, 2.24) is 10.2 Å². The van der Waals surface area contributed by atoms with Gasteiger partial charge in [0, 0.05) is 12.6 Å². The van der Waals surface area contributed by atoms with Gasteiger partial charge in [0.2, 0.25) is 11.8 Å². The van der Waals surface area contributed by atoms with Gasteiger partial charge in [0.25, 0.3) is 10.0 Å². The summed E-state index contributed by atoms with van der Waals surface area (Å²) in [6.45, 7) is 9.04. The molecule has 0 aliphatic carbocycles. The number of benzene rings is 3. The van der Waals surface area contributed by atoms with Crippen LogP contribution in [-0.4, -0.2) is 50.4 Å². The molecule has 3 aromatic carbocycles. The van der Waals surface area contributed by atoms with Gasteiger partial charge >= 0.3 is 0 Å². The fourth-order valence-electron chi connectivity index (χ4n) is 4.12. The Labute approximate surface area is 258 Å². The minimum atomic E-state index is -4.17. The van der Waals surface area contributed by atoms with E-state index in [9.17, 15) is 18.0 Å². The van der Waals surface area contributed by atoms with Crippen molar-refractivity contribution in [1.29, 1.82) is 0 Å². The Morgan fingerprint density at radius 1 is 0.929 bits per heavy atom. The average Bonchev–Trinajstić information content (AvgIpc) is 2.96. The number of anilines is 1. The van der Waals surface area contributed by atoms with Gasteiger partial charge in [-0.15, -0.1) is 0 Å². The molecule has 3 rings (SSSR count). The third kappa shape index (κ3) is 8.40. The number of nitrogens with one attached hydrogen (secondary N) is 1. The third-order valence-electron chi connectivity index (χ3n) is 6.83. The number of nitrogens with zero attached hydrogens (tertiary/aromatic N) is 2. The Kier molecular flexibility index (Phi) is 11.7. The van der Waals surface area contributed by atoms with Crippen molar-refractivity contribution in [2.75, 3.05) is 17.5 Å². The third-order valence-corrected chi connectivity index (χ3v) is 9.36. The predicted molar refractivity (Wildman–Crippen MR) is 168 cm³/mol. The number of hydrogen-bond donors (Lipinski definition) is 1. The maximum Gasteiger partial charge on any atom is 0.264 e.